The van der Waals surface area contributed by atoms with Crippen LogP contribution >= 0.6 is 23.4 Å². The van der Waals surface area contributed by atoms with Gasteiger partial charge in [-0.1, -0.05) is 11.6 Å². The van der Waals surface area contributed by atoms with E-state index >= 15 is 0 Å². The lowest BCUT2D eigenvalue weighted by Gasteiger charge is -2.16. The number of halogens is 1. The smallest absolute Gasteiger partial charge is 0.311 e. The number of ether oxygens (including phenoxy) is 1. The molecule has 3 nitrogen and oxygen atoms in total. The molecule has 1 aliphatic rings. The number of carboxylic acids is 1. The van der Waals surface area contributed by atoms with Gasteiger partial charge in [0.25, 0.3) is 0 Å². The van der Waals surface area contributed by atoms with Gasteiger partial charge in [0.05, 0.1) is 17.9 Å². The fourth-order valence-electron chi connectivity index (χ4n) is 2.04. The van der Waals surface area contributed by atoms with Gasteiger partial charge in [-0.05, 0) is 30.7 Å². The number of carbonyl (C=O) groups is 1. The van der Waals surface area contributed by atoms with Gasteiger partial charge in [-0.25, -0.2) is 0 Å². The van der Waals surface area contributed by atoms with Crippen molar-refractivity contribution < 1.29 is 14.6 Å². The summed E-state index contributed by atoms with van der Waals surface area (Å²) < 4.78 is 5.28. The van der Waals surface area contributed by atoms with Gasteiger partial charge in [0.2, 0.25) is 0 Å². The Hall–Kier alpha value is -0.870. The molecule has 0 saturated carbocycles. The molecule has 0 aliphatic carbocycles. The van der Waals surface area contributed by atoms with Crippen LogP contribution in [0.2, 0.25) is 5.02 Å². The standard InChI is InChI=1S/C12H13ClO3S/c1-16-9-5-4-8(13)10-7(12(14)15)3-2-6-17-11(9)10/h4-5,7H,2-3,6H2,1H3,(H,14,15). The van der Waals surface area contributed by atoms with E-state index in [0.717, 1.165) is 17.1 Å². The van der Waals surface area contributed by atoms with Gasteiger partial charge in [0.1, 0.15) is 5.75 Å². The fraction of sp³-hybridized carbons (Fsp3) is 0.417. The predicted octanol–water partition coefficient (Wildman–Crippen LogP) is 3.40. The van der Waals surface area contributed by atoms with E-state index in [9.17, 15) is 9.90 Å². The molecule has 0 radical (unpaired) electrons. The van der Waals surface area contributed by atoms with E-state index in [1.54, 1.807) is 31.0 Å². The molecule has 1 N–H and O–H groups in total. The number of hydrogen-bond donors (Lipinski definition) is 1. The maximum Gasteiger partial charge on any atom is 0.311 e. The molecule has 1 aliphatic heterocycles. The van der Waals surface area contributed by atoms with E-state index in [2.05, 4.69) is 0 Å². The van der Waals surface area contributed by atoms with Crippen molar-refractivity contribution in [3.05, 3.63) is 22.7 Å². The van der Waals surface area contributed by atoms with Crippen molar-refractivity contribution in [2.75, 3.05) is 12.9 Å². The molecule has 0 amide bonds. The van der Waals surface area contributed by atoms with Crippen molar-refractivity contribution >= 4 is 29.3 Å². The molecule has 1 unspecified atom stereocenters. The first kappa shape index (κ1) is 12.6. The quantitative estimate of drug-likeness (QED) is 0.896. The lowest BCUT2D eigenvalue weighted by Crippen LogP contribution is -2.12. The Labute approximate surface area is 109 Å². The van der Waals surface area contributed by atoms with Crippen LogP contribution in [0.3, 0.4) is 0 Å². The van der Waals surface area contributed by atoms with Gasteiger partial charge in [0, 0.05) is 10.6 Å². The second-order valence-corrected chi connectivity index (χ2v) is 5.39. The Balaban J connectivity index is 2.59. The topological polar surface area (TPSA) is 46.5 Å². The number of fused-ring (bicyclic) bond motifs is 1. The highest BCUT2D eigenvalue weighted by Gasteiger charge is 2.29. The van der Waals surface area contributed by atoms with Crippen molar-refractivity contribution in [2.45, 2.75) is 23.7 Å². The van der Waals surface area contributed by atoms with Crippen molar-refractivity contribution in [1.82, 2.24) is 0 Å². The maximum atomic E-state index is 11.3. The van der Waals surface area contributed by atoms with E-state index in [-0.39, 0.29) is 0 Å². The second kappa shape index (κ2) is 5.19. The van der Waals surface area contributed by atoms with Crippen LogP contribution in [0.5, 0.6) is 5.75 Å². The van der Waals surface area contributed by atoms with Crippen molar-refractivity contribution in [3.8, 4) is 5.75 Å². The highest BCUT2D eigenvalue weighted by atomic mass is 35.5. The molecule has 5 heteroatoms. The number of benzene rings is 1. The predicted molar refractivity (Wildman–Crippen MR) is 68.3 cm³/mol. The molecule has 1 heterocycles. The fourth-order valence-corrected chi connectivity index (χ4v) is 3.60. The lowest BCUT2D eigenvalue weighted by molar-refractivity contribution is -0.139. The van der Waals surface area contributed by atoms with E-state index in [1.165, 1.54) is 0 Å². The molecule has 1 atom stereocenters. The van der Waals surface area contributed by atoms with E-state index < -0.39 is 11.9 Å². The Morgan fingerprint density at radius 1 is 1.59 bits per heavy atom. The average Bonchev–Trinajstić information content (AvgIpc) is 2.52. The zero-order valence-electron chi connectivity index (χ0n) is 9.40. The number of rotatable bonds is 2. The molecular weight excluding hydrogens is 260 g/mol. The second-order valence-electron chi connectivity index (χ2n) is 3.87. The SMILES string of the molecule is COc1ccc(Cl)c2c1SCCCC2C(=O)O. The minimum Gasteiger partial charge on any atom is -0.496 e. The monoisotopic (exact) mass is 272 g/mol. The summed E-state index contributed by atoms with van der Waals surface area (Å²) in [5, 5.41) is 9.81. The zero-order valence-corrected chi connectivity index (χ0v) is 11.0. The zero-order chi connectivity index (χ0) is 12.4. The Morgan fingerprint density at radius 2 is 2.35 bits per heavy atom. The minimum absolute atomic E-state index is 0.516. The molecule has 92 valence electrons. The highest BCUT2D eigenvalue weighted by Crippen LogP contribution is 2.44. The van der Waals surface area contributed by atoms with Crippen LogP contribution in [0.4, 0.5) is 0 Å². The Bertz CT molecular complexity index is 448. The normalized spacial score (nSPS) is 19.3. The number of aliphatic carboxylic acids is 1. The van der Waals surface area contributed by atoms with Gasteiger partial charge in [-0.15, -0.1) is 11.8 Å². The van der Waals surface area contributed by atoms with Crippen LogP contribution in [0.15, 0.2) is 17.0 Å². The van der Waals surface area contributed by atoms with E-state index in [0.29, 0.717) is 22.8 Å². The molecule has 0 fully saturated rings. The van der Waals surface area contributed by atoms with Gasteiger partial charge in [0.15, 0.2) is 0 Å². The molecule has 0 saturated heterocycles. The average molecular weight is 273 g/mol. The number of hydrogen-bond acceptors (Lipinski definition) is 3. The first-order valence-corrected chi connectivity index (χ1v) is 6.73. The van der Waals surface area contributed by atoms with Gasteiger partial charge < -0.3 is 9.84 Å². The summed E-state index contributed by atoms with van der Waals surface area (Å²) >= 11 is 7.77. The van der Waals surface area contributed by atoms with Crippen LogP contribution in [0.1, 0.15) is 24.3 Å². The molecule has 2 rings (SSSR count). The van der Waals surface area contributed by atoms with Gasteiger partial charge in [-0.3, -0.25) is 4.79 Å². The van der Waals surface area contributed by atoms with Crippen molar-refractivity contribution in [3.63, 3.8) is 0 Å². The molecule has 0 bridgehead atoms. The summed E-state index contributed by atoms with van der Waals surface area (Å²) in [6.45, 7) is 0. The summed E-state index contributed by atoms with van der Waals surface area (Å²) in [6.07, 6.45) is 1.50. The Kier molecular flexibility index (Phi) is 3.84. The minimum atomic E-state index is -0.816. The largest absolute Gasteiger partial charge is 0.496 e. The van der Waals surface area contributed by atoms with Gasteiger partial charge in [-0.2, -0.15) is 0 Å². The van der Waals surface area contributed by atoms with Crippen LogP contribution < -0.4 is 4.74 Å². The molecule has 1 aromatic carbocycles. The first-order valence-electron chi connectivity index (χ1n) is 5.37. The lowest BCUT2D eigenvalue weighted by atomic mass is 9.94. The van der Waals surface area contributed by atoms with Crippen molar-refractivity contribution in [1.29, 1.82) is 0 Å². The summed E-state index contributed by atoms with van der Waals surface area (Å²) in [6, 6.07) is 3.50. The number of methoxy groups -OCH3 is 1. The maximum absolute atomic E-state index is 11.3. The number of thioether (sulfide) groups is 1. The summed E-state index contributed by atoms with van der Waals surface area (Å²) in [7, 11) is 1.59. The molecule has 0 spiro atoms. The molecular formula is C12H13ClO3S. The third-order valence-electron chi connectivity index (χ3n) is 2.86. The third kappa shape index (κ3) is 2.38. The Morgan fingerprint density at radius 3 is 3.00 bits per heavy atom. The molecule has 0 aromatic heterocycles. The van der Waals surface area contributed by atoms with Crippen LogP contribution in [-0.4, -0.2) is 23.9 Å². The first-order chi connectivity index (χ1) is 8.15. The van der Waals surface area contributed by atoms with Gasteiger partial charge >= 0.3 is 5.97 Å². The van der Waals surface area contributed by atoms with E-state index in [4.69, 9.17) is 16.3 Å². The van der Waals surface area contributed by atoms with E-state index in [1.807, 2.05) is 0 Å². The van der Waals surface area contributed by atoms with Crippen LogP contribution in [0.25, 0.3) is 0 Å². The molecule has 1 aromatic rings. The van der Waals surface area contributed by atoms with Crippen LogP contribution in [-0.2, 0) is 4.79 Å². The molecule has 17 heavy (non-hydrogen) atoms. The van der Waals surface area contributed by atoms with Crippen molar-refractivity contribution in [2.24, 2.45) is 0 Å². The summed E-state index contributed by atoms with van der Waals surface area (Å²) in [4.78, 5) is 12.2. The summed E-state index contributed by atoms with van der Waals surface area (Å²) in [5.74, 6) is 0.266. The summed E-state index contributed by atoms with van der Waals surface area (Å²) in [5.41, 5.74) is 0.709. The third-order valence-corrected chi connectivity index (χ3v) is 4.39. The van der Waals surface area contributed by atoms with Crippen LogP contribution in [0, 0.1) is 0 Å². The highest BCUT2D eigenvalue weighted by molar-refractivity contribution is 7.99. The number of carboxylic acid groups (broad SMARTS) is 1.